The van der Waals surface area contributed by atoms with E-state index < -0.39 is 5.91 Å². The van der Waals surface area contributed by atoms with Crippen molar-refractivity contribution in [3.63, 3.8) is 0 Å². The van der Waals surface area contributed by atoms with E-state index in [1.807, 2.05) is 0 Å². The Morgan fingerprint density at radius 1 is 1.28 bits per heavy atom. The molecule has 3 rings (SSSR count). The van der Waals surface area contributed by atoms with Crippen LogP contribution in [0.1, 0.15) is 16.8 Å². The number of nitrogens with one attached hydrogen (secondary N) is 1. The van der Waals surface area contributed by atoms with Gasteiger partial charge in [-0.25, -0.2) is 0 Å². The van der Waals surface area contributed by atoms with Crippen molar-refractivity contribution < 1.29 is 19.4 Å². The topological polar surface area (TPSA) is 67.8 Å². The Morgan fingerprint density at radius 3 is 2.64 bits per heavy atom. The molecule has 132 valence electrons. The zero-order chi connectivity index (χ0) is 18.0. The number of phenolic OH excluding ortho intramolecular Hbond substituents is 1. The number of aromatic hydroxyl groups is 1. The highest BCUT2D eigenvalue weighted by atomic mass is 79.9. The highest BCUT2D eigenvalue weighted by molar-refractivity contribution is 9.10. The van der Waals surface area contributed by atoms with Crippen LogP contribution in [0.2, 0.25) is 10.0 Å². The van der Waals surface area contributed by atoms with Crippen molar-refractivity contribution in [1.29, 1.82) is 0 Å². The van der Waals surface area contributed by atoms with Crippen LogP contribution in [-0.4, -0.2) is 30.3 Å². The van der Waals surface area contributed by atoms with E-state index in [1.165, 1.54) is 18.2 Å². The molecule has 0 aliphatic carbocycles. The Balaban J connectivity index is 1.83. The van der Waals surface area contributed by atoms with E-state index in [0.29, 0.717) is 29.0 Å². The number of hydrogen-bond donors (Lipinski definition) is 2. The molecule has 1 heterocycles. The summed E-state index contributed by atoms with van der Waals surface area (Å²) in [6, 6.07) is 7.59. The van der Waals surface area contributed by atoms with Crippen LogP contribution >= 0.6 is 39.1 Å². The number of benzene rings is 2. The summed E-state index contributed by atoms with van der Waals surface area (Å²) in [6.45, 7) is 1.08. The molecule has 5 nitrogen and oxygen atoms in total. The van der Waals surface area contributed by atoms with Gasteiger partial charge in [-0.05, 0) is 36.8 Å². The normalized spacial score (nSPS) is 16.7. The molecule has 1 fully saturated rings. The summed E-state index contributed by atoms with van der Waals surface area (Å²) >= 11 is 15.6. The van der Waals surface area contributed by atoms with E-state index in [0.717, 1.165) is 10.9 Å². The second kappa shape index (κ2) is 7.83. The fraction of sp³-hybridized carbons (Fsp3) is 0.235. The molecule has 2 aromatic rings. The van der Waals surface area contributed by atoms with Crippen LogP contribution in [0.3, 0.4) is 0 Å². The smallest absolute Gasteiger partial charge is 0.255 e. The number of carbonyl (C=O) groups is 1. The van der Waals surface area contributed by atoms with E-state index in [1.54, 1.807) is 12.1 Å². The molecule has 0 unspecified atom stereocenters. The molecule has 0 saturated carbocycles. The zero-order valence-corrected chi connectivity index (χ0v) is 16.0. The molecule has 0 bridgehead atoms. The predicted octanol–water partition coefficient (Wildman–Crippen LogP) is 4.77. The number of phenols is 1. The largest absolute Gasteiger partial charge is 0.507 e. The minimum absolute atomic E-state index is 0.0631. The molecular weight excluding hydrogens is 433 g/mol. The minimum atomic E-state index is -0.397. The van der Waals surface area contributed by atoms with Crippen LogP contribution in [-0.2, 0) is 4.74 Å². The molecule has 1 aliphatic rings. The molecule has 1 atom stereocenters. The van der Waals surface area contributed by atoms with E-state index in [-0.39, 0.29) is 23.1 Å². The van der Waals surface area contributed by atoms with Crippen LogP contribution in [0.15, 0.2) is 34.8 Å². The van der Waals surface area contributed by atoms with Crippen molar-refractivity contribution >= 4 is 45.0 Å². The second-order valence-electron chi connectivity index (χ2n) is 5.51. The number of halogens is 3. The molecular formula is C17H14BrCl2NO4. The Bertz CT molecular complexity index is 786. The molecule has 1 aliphatic heterocycles. The summed E-state index contributed by atoms with van der Waals surface area (Å²) in [7, 11) is 0. The number of ether oxygens (including phenoxy) is 2. The average Bonchev–Trinajstić information content (AvgIpc) is 3.05. The van der Waals surface area contributed by atoms with E-state index >= 15 is 0 Å². The first-order valence-corrected chi connectivity index (χ1v) is 9.03. The standard InChI is InChI=1S/C17H14BrCl2NO4/c18-9-5-13(19)16(14(20)6-9)25-11-1-2-15(22)12(7-11)17(23)21-10-3-4-24-8-10/h1-2,5-7,10,22H,3-4,8H2,(H,21,23)/t10-/m0/s1. The van der Waals surface area contributed by atoms with Gasteiger partial charge < -0.3 is 19.9 Å². The molecule has 0 radical (unpaired) electrons. The maximum atomic E-state index is 12.4. The van der Waals surface area contributed by atoms with E-state index in [4.69, 9.17) is 32.7 Å². The van der Waals surface area contributed by atoms with Gasteiger partial charge in [-0.1, -0.05) is 39.1 Å². The molecule has 0 spiro atoms. The average molecular weight is 447 g/mol. The quantitative estimate of drug-likeness (QED) is 0.709. The third-order valence-corrected chi connectivity index (χ3v) is 4.68. The van der Waals surface area contributed by atoms with Crippen molar-refractivity contribution in [2.75, 3.05) is 13.2 Å². The molecule has 2 aromatic carbocycles. The van der Waals surface area contributed by atoms with Crippen molar-refractivity contribution in [3.8, 4) is 17.2 Å². The van der Waals surface area contributed by atoms with Crippen molar-refractivity contribution in [3.05, 3.63) is 50.4 Å². The lowest BCUT2D eigenvalue weighted by Gasteiger charge is -2.14. The molecule has 25 heavy (non-hydrogen) atoms. The Hall–Kier alpha value is -1.47. The molecule has 1 amide bonds. The summed E-state index contributed by atoms with van der Waals surface area (Å²) < 4.78 is 11.7. The molecule has 2 N–H and O–H groups in total. The molecule has 0 aromatic heterocycles. The molecule has 8 heteroatoms. The summed E-state index contributed by atoms with van der Waals surface area (Å²) in [4.78, 5) is 12.4. The first kappa shape index (κ1) is 18.3. The van der Waals surface area contributed by atoms with Gasteiger partial charge in [0.05, 0.1) is 28.3 Å². The van der Waals surface area contributed by atoms with Gasteiger partial charge in [-0.3, -0.25) is 4.79 Å². The summed E-state index contributed by atoms with van der Waals surface area (Å²) in [6.07, 6.45) is 0.743. The molecule has 1 saturated heterocycles. The first-order chi connectivity index (χ1) is 11.9. The number of rotatable bonds is 4. The monoisotopic (exact) mass is 445 g/mol. The van der Waals surface area contributed by atoms with Crippen LogP contribution in [0.25, 0.3) is 0 Å². The lowest BCUT2D eigenvalue weighted by Crippen LogP contribution is -2.35. The lowest BCUT2D eigenvalue weighted by atomic mass is 10.1. The number of hydrogen-bond acceptors (Lipinski definition) is 4. The maximum Gasteiger partial charge on any atom is 0.255 e. The third-order valence-electron chi connectivity index (χ3n) is 3.66. The predicted molar refractivity (Wildman–Crippen MR) is 99.0 cm³/mol. The van der Waals surface area contributed by atoms with Crippen LogP contribution in [0.5, 0.6) is 17.2 Å². The van der Waals surface area contributed by atoms with E-state index in [2.05, 4.69) is 21.2 Å². The number of carbonyl (C=O) groups excluding carboxylic acids is 1. The summed E-state index contributed by atoms with van der Waals surface area (Å²) in [5.41, 5.74) is 0.105. The van der Waals surface area contributed by atoms with Gasteiger partial charge in [0.2, 0.25) is 0 Å². The maximum absolute atomic E-state index is 12.4. The van der Waals surface area contributed by atoms with Gasteiger partial charge in [0.1, 0.15) is 11.5 Å². The van der Waals surface area contributed by atoms with E-state index in [9.17, 15) is 9.90 Å². The summed E-state index contributed by atoms with van der Waals surface area (Å²) in [5, 5.41) is 13.4. The Morgan fingerprint density at radius 2 is 2.00 bits per heavy atom. The van der Waals surface area contributed by atoms with Crippen molar-refractivity contribution in [2.45, 2.75) is 12.5 Å². The van der Waals surface area contributed by atoms with Gasteiger partial charge in [0.25, 0.3) is 5.91 Å². The first-order valence-electron chi connectivity index (χ1n) is 7.48. The SMILES string of the molecule is O=C(N[C@H]1CCOC1)c1cc(Oc2c(Cl)cc(Br)cc2Cl)ccc1O. The van der Waals surface area contributed by atoms with Crippen LogP contribution in [0, 0.1) is 0 Å². The van der Waals surface area contributed by atoms with Gasteiger partial charge in [-0.2, -0.15) is 0 Å². The highest BCUT2D eigenvalue weighted by Gasteiger charge is 2.21. The highest BCUT2D eigenvalue weighted by Crippen LogP contribution is 2.39. The third kappa shape index (κ3) is 4.39. The summed E-state index contributed by atoms with van der Waals surface area (Å²) in [5.74, 6) is 0.0627. The Kier molecular flexibility index (Phi) is 5.74. The van der Waals surface area contributed by atoms with Gasteiger partial charge in [-0.15, -0.1) is 0 Å². The number of amides is 1. The van der Waals surface area contributed by atoms with Crippen LogP contribution < -0.4 is 10.1 Å². The second-order valence-corrected chi connectivity index (χ2v) is 7.24. The van der Waals surface area contributed by atoms with Gasteiger partial charge in [0.15, 0.2) is 5.75 Å². The van der Waals surface area contributed by atoms with Gasteiger partial charge >= 0.3 is 0 Å². The van der Waals surface area contributed by atoms with Gasteiger partial charge in [0, 0.05) is 11.1 Å². The van der Waals surface area contributed by atoms with Crippen molar-refractivity contribution in [1.82, 2.24) is 5.32 Å². The fourth-order valence-electron chi connectivity index (χ4n) is 2.42. The Labute approximate surface area is 163 Å². The van der Waals surface area contributed by atoms with Crippen LogP contribution in [0.4, 0.5) is 0 Å². The lowest BCUT2D eigenvalue weighted by molar-refractivity contribution is 0.0927. The van der Waals surface area contributed by atoms with Crippen molar-refractivity contribution in [2.24, 2.45) is 0 Å². The fourth-order valence-corrected chi connectivity index (χ4v) is 3.70. The minimum Gasteiger partial charge on any atom is -0.507 e. The zero-order valence-electron chi connectivity index (χ0n) is 12.9.